The zero-order valence-corrected chi connectivity index (χ0v) is 16.4. The Kier molecular flexibility index (Phi) is 5.56. The van der Waals surface area contributed by atoms with E-state index in [4.69, 9.17) is 5.10 Å². The van der Waals surface area contributed by atoms with Gasteiger partial charge in [0.25, 0.3) is 0 Å². The lowest BCUT2D eigenvalue weighted by molar-refractivity contribution is -0.124. The molecule has 2 aromatic carbocycles. The number of rotatable bonds is 6. The number of para-hydroxylation sites is 1. The van der Waals surface area contributed by atoms with E-state index in [1.165, 1.54) is 31.3 Å². The molecule has 1 aliphatic rings. The molecular formula is C24H27N3O. The number of carbonyl (C=O) groups is 1. The second-order valence-corrected chi connectivity index (χ2v) is 7.50. The lowest BCUT2D eigenvalue weighted by Crippen LogP contribution is -2.32. The monoisotopic (exact) mass is 373 g/mol. The van der Waals surface area contributed by atoms with E-state index in [2.05, 4.69) is 29.6 Å². The summed E-state index contributed by atoms with van der Waals surface area (Å²) in [5.41, 5.74) is 4.45. The van der Waals surface area contributed by atoms with E-state index in [1.807, 2.05) is 48.0 Å². The molecule has 0 aliphatic heterocycles. The topological polar surface area (TPSA) is 46.9 Å². The summed E-state index contributed by atoms with van der Waals surface area (Å²) in [7, 11) is 0. The Hall–Kier alpha value is -2.88. The number of benzene rings is 2. The molecule has 0 radical (unpaired) electrons. The molecule has 0 saturated heterocycles. The van der Waals surface area contributed by atoms with Crippen LogP contribution in [0.3, 0.4) is 0 Å². The van der Waals surface area contributed by atoms with Gasteiger partial charge < -0.3 is 5.32 Å². The van der Waals surface area contributed by atoms with Crippen molar-refractivity contribution >= 4 is 16.8 Å². The first-order valence-electron chi connectivity index (χ1n) is 10.2. The van der Waals surface area contributed by atoms with Crippen LogP contribution in [0, 0.1) is 0 Å². The molecule has 28 heavy (non-hydrogen) atoms. The first-order valence-corrected chi connectivity index (χ1v) is 10.2. The van der Waals surface area contributed by atoms with Crippen molar-refractivity contribution in [2.45, 2.75) is 45.1 Å². The van der Waals surface area contributed by atoms with Gasteiger partial charge in [0, 0.05) is 17.5 Å². The Morgan fingerprint density at radius 2 is 1.89 bits per heavy atom. The Balaban J connectivity index is 1.53. The average molecular weight is 374 g/mol. The second kappa shape index (κ2) is 8.42. The summed E-state index contributed by atoms with van der Waals surface area (Å²) >= 11 is 0. The van der Waals surface area contributed by atoms with Gasteiger partial charge in [-0.15, -0.1) is 0 Å². The van der Waals surface area contributed by atoms with Crippen molar-refractivity contribution < 1.29 is 4.79 Å². The molecule has 1 heterocycles. The van der Waals surface area contributed by atoms with Gasteiger partial charge in [-0.2, -0.15) is 5.10 Å². The van der Waals surface area contributed by atoms with E-state index in [9.17, 15) is 4.79 Å². The first-order chi connectivity index (χ1) is 13.7. The maximum atomic E-state index is 12.8. The fourth-order valence-electron chi connectivity index (χ4n) is 3.93. The highest BCUT2D eigenvalue weighted by Crippen LogP contribution is 2.29. The summed E-state index contributed by atoms with van der Waals surface area (Å²) in [5, 5.41) is 8.99. The maximum Gasteiger partial charge on any atom is 0.244 e. The normalized spacial score (nSPS) is 15.2. The largest absolute Gasteiger partial charge is 0.354 e. The quantitative estimate of drug-likeness (QED) is 0.598. The third kappa shape index (κ3) is 3.86. The maximum absolute atomic E-state index is 12.8. The van der Waals surface area contributed by atoms with Crippen molar-refractivity contribution in [3.05, 3.63) is 66.2 Å². The molecule has 1 amide bonds. The molecule has 144 valence electrons. The van der Waals surface area contributed by atoms with Gasteiger partial charge >= 0.3 is 0 Å². The van der Waals surface area contributed by atoms with Crippen LogP contribution < -0.4 is 5.32 Å². The molecule has 1 N–H and O–H groups in total. The van der Waals surface area contributed by atoms with Crippen molar-refractivity contribution in [3.8, 4) is 11.3 Å². The smallest absolute Gasteiger partial charge is 0.244 e. The summed E-state index contributed by atoms with van der Waals surface area (Å²) in [6.07, 6.45) is 8.22. The molecule has 0 spiro atoms. The molecule has 4 rings (SSSR count). The van der Waals surface area contributed by atoms with Crippen molar-refractivity contribution in [3.63, 3.8) is 0 Å². The number of allylic oxidation sites excluding steroid dienone is 1. The van der Waals surface area contributed by atoms with Crippen molar-refractivity contribution in [2.75, 3.05) is 6.54 Å². The van der Waals surface area contributed by atoms with Crippen LogP contribution in [-0.2, 0) is 4.79 Å². The van der Waals surface area contributed by atoms with Gasteiger partial charge in [-0.05, 0) is 45.1 Å². The number of carbonyl (C=O) groups excluding carboxylic acids is 1. The minimum atomic E-state index is -0.359. The zero-order valence-electron chi connectivity index (χ0n) is 16.4. The molecule has 1 aromatic heterocycles. The number of aromatic nitrogens is 2. The van der Waals surface area contributed by atoms with Crippen LogP contribution in [-0.4, -0.2) is 22.2 Å². The SMILES string of the molecule is CC(C(=O)NCCC1=CCCCC1)n1nc(-c2ccccc2)c2ccccc21. The van der Waals surface area contributed by atoms with Crippen LogP contribution in [0.5, 0.6) is 0 Å². The number of nitrogens with one attached hydrogen (secondary N) is 1. The van der Waals surface area contributed by atoms with Crippen LogP contribution in [0.2, 0.25) is 0 Å². The predicted molar refractivity (Wildman–Crippen MR) is 114 cm³/mol. The number of hydrogen-bond donors (Lipinski definition) is 1. The average Bonchev–Trinajstić information content (AvgIpc) is 3.14. The second-order valence-electron chi connectivity index (χ2n) is 7.50. The van der Waals surface area contributed by atoms with Crippen molar-refractivity contribution in [2.24, 2.45) is 0 Å². The Morgan fingerprint density at radius 3 is 2.68 bits per heavy atom. The number of fused-ring (bicyclic) bond motifs is 1. The zero-order chi connectivity index (χ0) is 19.3. The van der Waals surface area contributed by atoms with Crippen molar-refractivity contribution in [1.29, 1.82) is 0 Å². The molecule has 0 saturated carbocycles. The van der Waals surface area contributed by atoms with Gasteiger partial charge in [-0.3, -0.25) is 9.48 Å². The molecule has 4 heteroatoms. The van der Waals surface area contributed by atoms with Crippen molar-refractivity contribution in [1.82, 2.24) is 15.1 Å². The van der Waals surface area contributed by atoms with E-state index < -0.39 is 0 Å². The molecule has 3 aromatic rings. The molecule has 0 fully saturated rings. The standard InChI is InChI=1S/C24H27N3O/c1-18(24(28)25-17-16-19-10-4-2-5-11-19)27-22-15-9-8-14-21(22)23(26-27)20-12-6-3-7-13-20/h3,6-10,12-15,18H,2,4-5,11,16-17H2,1H3,(H,25,28). The Labute approximate surface area is 166 Å². The molecule has 1 aliphatic carbocycles. The summed E-state index contributed by atoms with van der Waals surface area (Å²) in [4.78, 5) is 12.8. The highest BCUT2D eigenvalue weighted by atomic mass is 16.2. The van der Waals surface area contributed by atoms with Crippen LogP contribution in [0.1, 0.15) is 45.1 Å². The molecule has 1 atom stereocenters. The Morgan fingerprint density at radius 1 is 1.11 bits per heavy atom. The number of nitrogens with zero attached hydrogens (tertiary/aromatic N) is 2. The van der Waals surface area contributed by atoms with Crippen LogP contribution in [0.15, 0.2) is 66.2 Å². The molecule has 1 unspecified atom stereocenters. The van der Waals surface area contributed by atoms with Gasteiger partial charge in [0.05, 0.1) is 5.52 Å². The highest BCUT2D eigenvalue weighted by molar-refractivity contribution is 5.94. The van der Waals surface area contributed by atoms with Crippen LogP contribution in [0.4, 0.5) is 0 Å². The third-order valence-electron chi connectivity index (χ3n) is 5.54. The van der Waals surface area contributed by atoms with E-state index in [1.54, 1.807) is 0 Å². The fraction of sp³-hybridized carbons (Fsp3) is 0.333. The molecular weight excluding hydrogens is 346 g/mol. The molecule has 0 bridgehead atoms. The summed E-state index contributed by atoms with van der Waals surface area (Å²) < 4.78 is 1.85. The number of hydrogen-bond acceptors (Lipinski definition) is 2. The summed E-state index contributed by atoms with van der Waals surface area (Å²) in [6.45, 7) is 2.61. The van der Waals surface area contributed by atoms with E-state index >= 15 is 0 Å². The highest BCUT2D eigenvalue weighted by Gasteiger charge is 2.20. The fourth-order valence-corrected chi connectivity index (χ4v) is 3.93. The van der Waals surface area contributed by atoms with E-state index in [0.717, 1.165) is 28.6 Å². The Bertz CT molecular complexity index is 988. The van der Waals surface area contributed by atoms with E-state index in [-0.39, 0.29) is 11.9 Å². The lowest BCUT2D eigenvalue weighted by atomic mass is 9.97. The van der Waals surface area contributed by atoms with Gasteiger partial charge in [-0.25, -0.2) is 0 Å². The van der Waals surface area contributed by atoms with Gasteiger partial charge in [-0.1, -0.05) is 60.2 Å². The summed E-state index contributed by atoms with van der Waals surface area (Å²) in [6, 6.07) is 17.9. The molecule has 4 nitrogen and oxygen atoms in total. The number of amides is 1. The third-order valence-corrected chi connectivity index (χ3v) is 5.54. The first kappa shape index (κ1) is 18.5. The van der Waals surface area contributed by atoms with Crippen LogP contribution in [0.25, 0.3) is 22.2 Å². The van der Waals surface area contributed by atoms with Gasteiger partial charge in [0.15, 0.2) is 0 Å². The lowest BCUT2D eigenvalue weighted by Gasteiger charge is -2.16. The predicted octanol–water partition coefficient (Wildman–Crippen LogP) is 5.27. The van der Waals surface area contributed by atoms with E-state index in [0.29, 0.717) is 6.54 Å². The van der Waals surface area contributed by atoms with Gasteiger partial charge in [0.2, 0.25) is 5.91 Å². The minimum Gasteiger partial charge on any atom is -0.354 e. The summed E-state index contributed by atoms with van der Waals surface area (Å²) in [5.74, 6) is 0.0178. The minimum absolute atomic E-state index is 0.0178. The van der Waals surface area contributed by atoms with Gasteiger partial charge in [0.1, 0.15) is 11.7 Å². The van der Waals surface area contributed by atoms with Crippen LogP contribution >= 0.6 is 0 Å².